The monoisotopic (exact) mass is 584 g/mol. The number of nitrogens with zero attached hydrogens (tertiary/aromatic N) is 1. The van der Waals surface area contributed by atoms with Crippen molar-refractivity contribution in [2.75, 3.05) is 23.9 Å². The molecule has 0 spiro atoms. The van der Waals surface area contributed by atoms with Crippen LogP contribution in [0.15, 0.2) is 121 Å². The first-order valence-electron chi connectivity index (χ1n) is 14.5. The topological polar surface area (TPSA) is 88.1 Å². The quantitative estimate of drug-likeness (QED) is 0.131. The van der Waals surface area contributed by atoms with Crippen LogP contribution in [0.2, 0.25) is 0 Å². The second-order valence-electron chi connectivity index (χ2n) is 10.6. The van der Waals surface area contributed by atoms with Crippen LogP contribution >= 0.6 is 0 Å². The van der Waals surface area contributed by atoms with E-state index in [2.05, 4.69) is 10.2 Å². The minimum absolute atomic E-state index is 0.145. The number of nitrogens with one attached hydrogen (secondary N) is 1. The van der Waals surface area contributed by atoms with E-state index in [-0.39, 0.29) is 18.0 Å². The highest BCUT2D eigenvalue weighted by molar-refractivity contribution is 6.12. The summed E-state index contributed by atoms with van der Waals surface area (Å²) in [5, 5.41) is 13.7. The Morgan fingerprint density at radius 1 is 0.795 bits per heavy atom. The number of methoxy groups -OCH3 is 1. The summed E-state index contributed by atoms with van der Waals surface area (Å²) in [5.74, 6) is 1.10. The zero-order valence-electron chi connectivity index (χ0n) is 24.3. The number of rotatable bonds is 10. The minimum Gasteiger partial charge on any atom is -0.508 e. The van der Waals surface area contributed by atoms with Gasteiger partial charge in [-0.1, -0.05) is 72.8 Å². The van der Waals surface area contributed by atoms with Crippen molar-refractivity contribution in [2.45, 2.75) is 18.9 Å². The SMILES string of the molecule is COC(=O)[C@H](Cc1ccc(O)cc1CCN1c2ccccc2Oc2ccccc21)Nc1ccccc1C(=O)c1ccccc1. The molecule has 0 saturated carbocycles. The Kier molecular flexibility index (Phi) is 8.28. The predicted molar refractivity (Wildman–Crippen MR) is 171 cm³/mol. The molecule has 0 amide bonds. The van der Waals surface area contributed by atoms with Gasteiger partial charge in [0.2, 0.25) is 0 Å². The van der Waals surface area contributed by atoms with Crippen molar-refractivity contribution in [1.29, 1.82) is 0 Å². The van der Waals surface area contributed by atoms with Gasteiger partial charge in [0.05, 0.1) is 18.5 Å². The van der Waals surface area contributed by atoms with E-state index in [0.29, 0.717) is 29.8 Å². The number of anilines is 3. The first-order valence-corrected chi connectivity index (χ1v) is 14.5. The molecule has 0 unspecified atom stereocenters. The predicted octanol–water partition coefficient (Wildman–Crippen LogP) is 7.31. The molecule has 0 fully saturated rings. The van der Waals surface area contributed by atoms with Crippen LogP contribution in [0, 0.1) is 0 Å². The van der Waals surface area contributed by atoms with Crippen LogP contribution in [-0.4, -0.2) is 36.6 Å². The van der Waals surface area contributed by atoms with Gasteiger partial charge in [-0.25, -0.2) is 4.79 Å². The molecule has 0 bridgehead atoms. The molecular formula is C37H32N2O5. The van der Waals surface area contributed by atoms with Crippen LogP contribution in [0.4, 0.5) is 17.1 Å². The van der Waals surface area contributed by atoms with Crippen molar-refractivity contribution in [2.24, 2.45) is 0 Å². The number of hydrogen-bond donors (Lipinski definition) is 2. The second kappa shape index (κ2) is 12.8. The maximum atomic E-state index is 13.4. The molecule has 0 radical (unpaired) electrons. The van der Waals surface area contributed by atoms with Crippen molar-refractivity contribution >= 4 is 28.8 Å². The standard InChI is InChI=1S/C37H32N2O5/c1-43-37(42)31(38-30-14-6-5-13-29(30)36(41)25-11-3-2-4-12-25)24-26-19-20-28(40)23-27(26)21-22-39-32-15-7-9-17-34(32)44-35-18-10-8-16-33(35)39/h2-20,23,31,38,40H,21-22,24H2,1H3/t31-/m0/s1. The van der Waals surface area contributed by atoms with E-state index in [9.17, 15) is 14.7 Å². The van der Waals surface area contributed by atoms with E-state index >= 15 is 0 Å². The Hall–Kier alpha value is -5.56. The van der Waals surface area contributed by atoms with Crippen molar-refractivity contribution < 1.29 is 24.2 Å². The number of para-hydroxylation sites is 5. The third-order valence-corrected chi connectivity index (χ3v) is 7.77. The van der Waals surface area contributed by atoms with E-state index in [1.807, 2.05) is 78.9 Å². The molecule has 220 valence electrons. The second-order valence-corrected chi connectivity index (χ2v) is 10.6. The molecule has 0 saturated heterocycles. The Bertz CT molecular complexity index is 1760. The number of carbonyl (C=O) groups excluding carboxylic acids is 2. The van der Waals surface area contributed by atoms with Crippen LogP contribution in [-0.2, 0) is 22.4 Å². The molecule has 1 aliphatic heterocycles. The fourth-order valence-electron chi connectivity index (χ4n) is 5.59. The highest BCUT2D eigenvalue weighted by Gasteiger charge is 2.26. The number of aromatic hydroxyl groups is 1. The first kappa shape index (κ1) is 28.6. The minimum atomic E-state index is -0.780. The number of carbonyl (C=O) groups is 2. The molecule has 1 aliphatic rings. The van der Waals surface area contributed by atoms with Gasteiger partial charge >= 0.3 is 5.97 Å². The summed E-state index contributed by atoms with van der Waals surface area (Å²) in [7, 11) is 1.35. The molecule has 5 aromatic carbocycles. The lowest BCUT2D eigenvalue weighted by Gasteiger charge is -2.33. The number of esters is 1. The molecule has 44 heavy (non-hydrogen) atoms. The largest absolute Gasteiger partial charge is 0.508 e. The summed E-state index contributed by atoms with van der Waals surface area (Å²) in [6.07, 6.45) is 0.871. The van der Waals surface area contributed by atoms with Gasteiger partial charge in [0.25, 0.3) is 0 Å². The molecule has 2 N–H and O–H groups in total. The molecule has 5 aromatic rings. The van der Waals surface area contributed by atoms with Gasteiger partial charge in [0.1, 0.15) is 11.8 Å². The van der Waals surface area contributed by atoms with Crippen LogP contribution in [0.5, 0.6) is 17.2 Å². The average molecular weight is 585 g/mol. The third kappa shape index (κ3) is 5.99. The maximum Gasteiger partial charge on any atom is 0.328 e. The number of phenols is 1. The van der Waals surface area contributed by atoms with Crippen LogP contribution in [0.3, 0.4) is 0 Å². The number of ether oxygens (including phenoxy) is 2. The van der Waals surface area contributed by atoms with Crippen molar-refractivity contribution in [1.82, 2.24) is 0 Å². The lowest BCUT2D eigenvalue weighted by molar-refractivity contribution is -0.141. The van der Waals surface area contributed by atoms with Gasteiger partial charge in [-0.05, 0) is 66.1 Å². The third-order valence-electron chi connectivity index (χ3n) is 7.77. The summed E-state index contributed by atoms with van der Waals surface area (Å²) in [5.41, 5.74) is 5.26. The van der Waals surface area contributed by atoms with Gasteiger partial charge < -0.3 is 24.8 Å². The highest BCUT2D eigenvalue weighted by atomic mass is 16.5. The van der Waals surface area contributed by atoms with E-state index in [0.717, 1.165) is 34.0 Å². The van der Waals surface area contributed by atoms with Gasteiger partial charge in [0.15, 0.2) is 17.3 Å². The van der Waals surface area contributed by atoms with Gasteiger partial charge in [-0.3, -0.25) is 4.79 Å². The molecule has 0 aliphatic carbocycles. The smallest absolute Gasteiger partial charge is 0.328 e. The van der Waals surface area contributed by atoms with Crippen LogP contribution in [0.1, 0.15) is 27.0 Å². The van der Waals surface area contributed by atoms with Crippen LogP contribution < -0.4 is 15.0 Å². The summed E-state index contributed by atoms with van der Waals surface area (Å²) in [6.45, 7) is 0.610. The zero-order valence-corrected chi connectivity index (χ0v) is 24.3. The normalized spacial score (nSPS) is 12.3. The molecule has 1 heterocycles. The lowest BCUT2D eigenvalue weighted by atomic mass is 9.96. The average Bonchev–Trinajstić information content (AvgIpc) is 3.07. The lowest BCUT2D eigenvalue weighted by Crippen LogP contribution is -2.34. The number of fused-ring (bicyclic) bond motifs is 2. The van der Waals surface area contributed by atoms with Crippen molar-refractivity contribution in [3.8, 4) is 17.2 Å². The fraction of sp³-hybridized carbons (Fsp3) is 0.135. The molecule has 0 aromatic heterocycles. The fourth-order valence-corrected chi connectivity index (χ4v) is 5.59. The van der Waals surface area contributed by atoms with Gasteiger partial charge in [-0.15, -0.1) is 0 Å². The maximum absolute atomic E-state index is 13.4. The van der Waals surface area contributed by atoms with Crippen molar-refractivity contribution in [3.63, 3.8) is 0 Å². The molecule has 7 heteroatoms. The number of benzene rings is 5. The number of ketones is 1. The van der Waals surface area contributed by atoms with E-state index in [4.69, 9.17) is 9.47 Å². The number of phenolic OH excluding ortho intramolecular Hbond substituents is 1. The Morgan fingerprint density at radius 3 is 2.14 bits per heavy atom. The van der Waals surface area contributed by atoms with Gasteiger partial charge in [0, 0.05) is 29.8 Å². The van der Waals surface area contributed by atoms with Crippen molar-refractivity contribution in [3.05, 3.63) is 144 Å². The highest BCUT2D eigenvalue weighted by Crippen LogP contribution is 2.46. The molecule has 7 nitrogen and oxygen atoms in total. The summed E-state index contributed by atoms with van der Waals surface area (Å²) < 4.78 is 11.3. The Balaban J connectivity index is 1.27. The van der Waals surface area contributed by atoms with E-state index < -0.39 is 12.0 Å². The summed E-state index contributed by atoms with van der Waals surface area (Å²) in [4.78, 5) is 28.7. The molecule has 6 rings (SSSR count). The Morgan fingerprint density at radius 2 is 1.43 bits per heavy atom. The summed E-state index contributed by atoms with van der Waals surface area (Å²) >= 11 is 0. The Labute approximate surface area is 256 Å². The van der Waals surface area contributed by atoms with Gasteiger partial charge in [-0.2, -0.15) is 0 Å². The molecule has 1 atom stereocenters. The molecular weight excluding hydrogens is 552 g/mol. The van der Waals surface area contributed by atoms with E-state index in [1.165, 1.54) is 7.11 Å². The summed E-state index contributed by atoms with van der Waals surface area (Å²) in [6, 6.07) is 36.4. The number of hydrogen-bond acceptors (Lipinski definition) is 7. The van der Waals surface area contributed by atoms with Crippen LogP contribution in [0.25, 0.3) is 0 Å². The zero-order chi connectivity index (χ0) is 30.5. The first-order chi connectivity index (χ1) is 21.5. The van der Waals surface area contributed by atoms with E-state index in [1.54, 1.807) is 42.5 Å².